The fourth-order valence-corrected chi connectivity index (χ4v) is 3.97. The van der Waals surface area contributed by atoms with E-state index in [9.17, 15) is 4.79 Å². The molecule has 0 radical (unpaired) electrons. The Labute approximate surface area is 178 Å². The molecule has 160 valence electrons. The Kier molecular flexibility index (Phi) is 5.37. The van der Waals surface area contributed by atoms with Gasteiger partial charge in [-0.1, -0.05) is 12.1 Å². The highest BCUT2D eigenvalue weighted by Crippen LogP contribution is 2.26. The van der Waals surface area contributed by atoms with Gasteiger partial charge in [0, 0.05) is 31.6 Å². The largest absolute Gasteiger partial charge is 0.379 e. The standard InChI is InChI=1S/C22H24N6O3/c1-30-26-22(29)16-14-15-6-7-19(23-8-9-27-10-12-31-13-11-27)25-20(15)28-18-5-3-2-4-17(18)24-21(16)28/h2-7,14H,8-13H2,1H3,(H,23,25)(H,26,29). The first-order valence-corrected chi connectivity index (χ1v) is 10.3. The Hall–Kier alpha value is -3.27. The third-order valence-electron chi connectivity index (χ3n) is 5.50. The van der Waals surface area contributed by atoms with Gasteiger partial charge in [-0.3, -0.25) is 18.9 Å². The smallest absolute Gasteiger partial charge is 0.278 e. The van der Waals surface area contributed by atoms with E-state index < -0.39 is 0 Å². The number of carbonyl (C=O) groups excluding carboxylic acids is 1. The van der Waals surface area contributed by atoms with Crippen molar-refractivity contribution in [2.24, 2.45) is 0 Å². The lowest BCUT2D eigenvalue weighted by Crippen LogP contribution is -2.39. The molecule has 1 saturated heterocycles. The zero-order chi connectivity index (χ0) is 21.2. The number of hydroxylamine groups is 1. The molecule has 0 unspecified atom stereocenters. The topological polar surface area (TPSA) is 93.0 Å². The number of rotatable bonds is 6. The summed E-state index contributed by atoms with van der Waals surface area (Å²) < 4.78 is 7.34. The molecule has 3 aromatic heterocycles. The normalized spacial score (nSPS) is 15.0. The fourth-order valence-electron chi connectivity index (χ4n) is 3.97. The first-order valence-electron chi connectivity index (χ1n) is 10.3. The molecule has 0 atom stereocenters. The number of hydrogen-bond acceptors (Lipinski definition) is 7. The molecule has 9 heteroatoms. The molecule has 5 rings (SSSR count). The number of nitrogens with zero attached hydrogens (tertiary/aromatic N) is 4. The number of aromatic nitrogens is 3. The molecule has 4 aromatic rings. The molecule has 1 aliphatic heterocycles. The molecule has 0 aliphatic carbocycles. The van der Waals surface area contributed by atoms with E-state index in [1.54, 1.807) is 6.07 Å². The number of amides is 1. The lowest BCUT2D eigenvalue weighted by Gasteiger charge is -2.26. The van der Waals surface area contributed by atoms with E-state index in [0.717, 1.165) is 67.3 Å². The van der Waals surface area contributed by atoms with Gasteiger partial charge in [0.2, 0.25) is 0 Å². The van der Waals surface area contributed by atoms with Crippen molar-refractivity contribution in [1.82, 2.24) is 24.7 Å². The number of pyridine rings is 2. The Morgan fingerprint density at radius 1 is 1.13 bits per heavy atom. The van der Waals surface area contributed by atoms with E-state index in [-0.39, 0.29) is 5.91 Å². The Morgan fingerprint density at radius 2 is 1.97 bits per heavy atom. The molecule has 0 spiro atoms. The average molecular weight is 420 g/mol. The van der Waals surface area contributed by atoms with Gasteiger partial charge in [0.15, 0.2) is 5.65 Å². The molecule has 1 aliphatic rings. The van der Waals surface area contributed by atoms with Crippen molar-refractivity contribution in [3.8, 4) is 0 Å². The number of nitrogens with one attached hydrogen (secondary N) is 2. The Bertz CT molecular complexity index is 1250. The number of benzene rings is 1. The second kappa shape index (κ2) is 8.46. The minimum absolute atomic E-state index is 0.350. The molecule has 1 amide bonds. The number of fused-ring (bicyclic) bond motifs is 5. The highest BCUT2D eigenvalue weighted by molar-refractivity contribution is 6.05. The van der Waals surface area contributed by atoms with Gasteiger partial charge in [0.25, 0.3) is 5.91 Å². The minimum atomic E-state index is -0.350. The summed E-state index contributed by atoms with van der Waals surface area (Å²) in [6.45, 7) is 5.22. The van der Waals surface area contributed by atoms with E-state index in [1.807, 2.05) is 40.8 Å². The summed E-state index contributed by atoms with van der Waals surface area (Å²) in [5.41, 5.74) is 5.81. The summed E-state index contributed by atoms with van der Waals surface area (Å²) in [4.78, 5) is 29.4. The highest BCUT2D eigenvalue weighted by atomic mass is 16.6. The van der Waals surface area contributed by atoms with Crippen molar-refractivity contribution in [3.05, 3.63) is 48.0 Å². The summed E-state index contributed by atoms with van der Waals surface area (Å²) in [6.07, 6.45) is 0. The van der Waals surface area contributed by atoms with Crippen molar-refractivity contribution < 1.29 is 14.4 Å². The lowest BCUT2D eigenvalue weighted by molar-refractivity contribution is 0.0398. The predicted molar refractivity (Wildman–Crippen MR) is 118 cm³/mol. The Morgan fingerprint density at radius 3 is 2.81 bits per heavy atom. The molecule has 1 aromatic carbocycles. The van der Waals surface area contributed by atoms with Gasteiger partial charge in [-0.15, -0.1) is 0 Å². The van der Waals surface area contributed by atoms with Gasteiger partial charge in [0.1, 0.15) is 11.5 Å². The van der Waals surface area contributed by atoms with E-state index in [0.29, 0.717) is 11.2 Å². The van der Waals surface area contributed by atoms with E-state index in [1.165, 1.54) is 7.11 Å². The molecular weight excluding hydrogens is 396 g/mol. The van der Waals surface area contributed by atoms with Crippen molar-refractivity contribution in [3.63, 3.8) is 0 Å². The maximum absolute atomic E-state index is 12.6. The summed E-state index contributed by atoms with van der Waals surface area (Å²) in [6, 6.07) is 13.5. The summed E-state index contributed by atoms with van der Waals surface area (Å²) in [7, 11) is 1.41. The number of morpholine rings is 1. The molecule has 0 bridgehead atoms. The molecule has 2 N–H and O–H groups in total. The molecule has 4 heterocycles. The van der Waals surface area contributed by atoms with Crippen molar-refractivity contribution in [1.29, 1.82) is 0 Å². The van der Waals surface area contributed by atoms with Crippen LogP contribution >= 0.6 is 0 Å². The second-order valence-corrected chi connectivity index (χ2v) is 7.44. The monoisotopic (exact) mass is 420 g/mol. The van der Waals surface area contributed by atoms with Crippen LogP contribution in [0.15, 0.2) is 42.5 Å². The predicted octanol–water partition coefficient (Wildman–Crippen LogP) is 2.07. The van der Waals surface area contributed by atoms with E-state index in [4.69, 9.17) is 14.6 Å². The highest BCUT2D eigenvalue weighted by Gasteiger charge is 2.18. The number of anilines is 1. The van der Waals surface area contributed by atoms with E-state index >= 15 is 0 Å². The van der Waals surface area contributed by atoms with Gasteiger partial charge < -0.3 is 10.1 Å². The third-order valence-corrected chi connectivity index (χ3v) is 5.50. The summed E-state index contributed by atoms with van der Waals surface area (Å²) in [5.74, 6) is 0.436. The zero-order valence-corrected chi connectivity index (χ0v) is 17.3. The van der Waals surface area contributed by atoms with Crippen molar-refractivity contribution in [2.45, 2.75) is 0 Å². The number of carbonyl (C=O) groups is 1. The maximum Gasteiger partial charge on any atom is 0.278 e. The van der Waals surface area contributed by atoms with Crippen LogP contribution < -0.4 is 10.8 Å². The first-order chi connectivity index (χ1) is 15.2. The summed E-state index contributed by atoms with van der Waals surface area (Å²) >= 11 is 0. The zero-order valence-electron chi connectivity index (χ0n) is 17.3. The van der Waals surface area contributed by atoms with Gasteiger partial charge in [-0.25, -0.2) is 15.4 Å². The quantitative estimate of drug-likeness (QED) is 0.461. The van der Waals surface area contributed by atoms with Crippen LogP contribution in [-0.2, 0) is 9.57 Å². The van der Waals surface area contributed by atoms with Gasteiger partial charge in [-0.2, -0.15) is 0 Å². The van der Waals surface area contributed by atoms with Crippen LogP contribution in [0.5, 0.6) is 0 Å². The van der Waals surface area contributed by atoms with E-state index in [2.05, 4.69) is 20.7 Å². The maximum atomic E-state index is 12.6. The van der Waals surface area contributed by atoms with Crippen LogP contribution in [0.3, 0.4) is 0 Å². The number of para-hydroxylation sites is 2. The van der Waals surface area contributed by atoms with Gasteiger partial charge in [0.05, 0.1) is 36.9 Å². The van der Waals surface area contributed by atoms with Crippen LogP contribution in [0.4, 0.5) is 5.82 Å². The number of imidazole rings is 1. The van der Waals surface area contributed by atoms with Crippen LogP contribution in [0, 0.1) is 0 Å². The molecule has 9 nitrogen and oxygen atoms in total. The lowest BCUT2D eigenvalue weighted by atomic mass is 10.2. The Balaban J connectivity index is 1.54. The van der Waals surface area contributed by atoms with Crippen molar-refractivity contribution in [2.75, 3.05) is 51.8 Å². The molecular formula is C22H24N6O3. The first kappa shape index (κ1) is 19.7. The summed E-state index contributed by atoms with van der Waals surface area (Å²) in [5, 5.41) is 4.26. The fraction of sp³-hybridized carbons (Fsp3) is 0.318. The van der Waals surface area contributed by atoms with Crippen LogP contribution in [-0.4, -0.2) is 71.7 Å². The SMILES string of the molecule is CONC(=O)c1cc2ccc(NCCN3CCOCC3)nc2n2c1nc1ccccc12. The molecule has 1 fully saturated rings. The average Bonchev–Trinajstić information content (AvgIpc) is 3.19. The van der Waals surface area contributed by atoms with Crippen LogP contribution in [0.25, 0.3) is 27.7 Å². The minimum Gasteiger partial charge on any atom is -0.379 e. The number of hydrogen-bond donors (Lipinski definition) is 2. The van der Waals surface area contributed by atoms with Gasteiger partial charge in [-0.05, 0) is 30.3 Å². The van der Waals surface area contributed by atoms with Crippen LogP contribution in [0.2, 0.25) is 0 Å². The molecule has 31 heavy (non-hydrogen) atoms. The molecule has 0 saturated carbocycles. The van der Waals surface area contributed by atoms with Crippen molar-refractivity contribution >= 4 is 39.4 Å². The van der Waals surface area contributed by atoms with Crippen LogP contribution in [0.1, 0.15) is 10.4 Å². The third kappa shape index (κ3) is 3.78. The van der Waals surface area contributed by atoms with Gasteiger partial charge >= 0.3 is 0 Å². The second-order valence-electron chi connectivity index (χ2n) is 7.44. The number of ether oxygens (including phenoxy) is 1.